The fourth-order valence-electron chi connectivity index (χ4n) is 1.92. The fourth-order valence-corrected chi connectivity index (χ4v) is 2.11. The Balaban J connectivity index is 2.72. The summed E-state index contributed by atoms with van der Waals surface area (Å²) in [7, 11) is 0. The zero-order chi connectivity index (χ0) is 15.3. The summed E-state index contributed by atoms with van der Waals surface area (Å²) in [6, 6.07) is 0. The molecule has 1 aromatic heterocycles. The van der Waals surface area contributed by atoms with Gasteiger partial charge in [-0.3, -0.25) is 9.36 Å². The Kier molecular flexibility index (Phi) is 2.22. The minimum absolute atomic E-state index is 0.107. The van der Waals surface area contributed by atoms with Crippen LogP contribution in [0.15, 0.2) is 4.79 Å². The van der Waals surface area contributed by atoms with Crippen LogP contribution in [0.25, 0.3) is 0 Å². The van der Waals surface area contributed by atoms with Crippen molar-refractivity contribution in [2.75, 3.05) is 5.28 Å². The van der Waals surface area contributed by atoms with Crippen LogP contribution in [-0.4, -0.2) is 19.9 Å². The van der Waals surface area contributed by atoms with Crippen molar-refractivity contribution in [1.82, 2.24) is 9.55 Å². The summed E-state index contributed by atoms with van der Waals surface area (Å²) >= 11 is 2.65. The van der Waals surface area contributed by atoms with Crippen molar-refractivity contribution in [1.29, 1.82) is 0 Å². The SMILES string of the molecule is [2H]C([2H])(Br)C([2H])([2H])c1c(C)nc2n(c1=O)CCCC2O. The van der Waals surface area contributed by atoms with Gasteiger partial charge in [-0.1, -0.05) is 15.9 Å². The van der Waals surface area contributed by atoms with E-state index in [4.69, 9.17) is 5.48 Å². The molecule has 1 N–H and O–H groups in total. The van der Waals surface area contributed by atoms with E-state index >= 15 is 0 Å². The largest absolute Gasteiger partial charge is 0.385 e. The lowest BCUT2D eigenvalue weighted by Gasteiger charge is -2.23. The molecular formula is C11H15BrN2O2. The van der Waals surface area contributed by atoms with Gasteiger partial charge in [-0.15, -0.1) is 0 Å². The van der Waals surface area contributed by atoms with E-state index in [2.05, 4.69) is 20.9 Å². The maximum atomic E-state index is 12.5. The van der Waals surface area contributed by atoms with Gasteiger partial charge in [-0.25, -0.2) is 4.98 Å². The minimum atomic E-state index is -2.52. The number of fused-ring (bicyclic) bond motifs is 1. The maximum Gasteiger partial charge on any atom is 0.257 e. The number of alkyl halides is 1. The highest BCUT2D eigenvalue weighted by Crippen LogP contribution is 2.22. The van der Waals surface area contributed by atoms with Gasteiger partial charge in [0.2, 0.25) is 0 Å². The van der Waals surface area contributed by atoms with Crippen LogP contribution >= 0.6 is 15.9 Å². The van der Waals surface area contributed by atoms with Gasteiger partial charge in [0, 0.05) is 28.6 Å². The summed E-state index contributed by atoms with van der Waals surface area (Å²) in [6.07, 6.45) is -2.25. The van der Waals surface area contributed by atoms with Crippen LogP contribution in [0, 0.1) is 6.92 Å². The Labute approximate surface area is 108 Å². The lowest BCUT2D eigenvalue weighted by Crippen LogP contribution is -2.33. The molecule has 0 saturated heterocycles. The van der Waals surface area contributed by atoms with Crippen LogP contribution in [0.4, 0.5) is 0 Å². The third-order valence-electron chi connectivity index (χ3n) is 2.71. The number of aliphatic hydroxyl groups excluding tert-OH is 1. The van der Waals surface area contributed by atoms with Crippen LogP contribution < -0.4 is 5.56 Å². The van der Waals surface area contributed by atoms with E-state index in [-0.39, 0.29) is 17.1 Å². The molecule has 0 saturated carbocycles. The average molecular weight is 291 g/mol. The molecule has 0 spiro atoms. The van der Waals surface area contributed by atoms with Gasteiger partial charge in [-0.2, -0.15) is 0 Å². The zero-order valence-electron chi connectivity index (χ0n) is 12.8. The van der Waals surface area contributed by atoms with Gasteiger partial charge in [0.25, 0.3) is 5.56 Å². The molecule has 2 rings (SSSR count). The van der Waals surface area contributed by atoms with E-state index in [1.807, 2.05) is 0 Å². The first-order chi connectivity index (χ1) is 9.07. The third kappa shape index (κ3) is 1.94. The van der Waals surface area contributed by atoms with Crippen LogP contribution in [0.5, 0.6) is 0 Å². The van der Waals surface area contributed by atoms with Crippen molar-refractivity contribution in [2.24, 2.45) is 0 Å². The molecule has 0 bridgehead atoms. The fraction of sp³-hybridized carbons (Fsp3) is 0.636. The standard InChI is InChI=1S/C11H15BrN2O2/c1-7-8(4-5-12)11(16)14-6-2-3-9(15)10(14)13-7/h9,15H,2-6H2,1H3/i4D2,5D2. The van der Waals surface area contributed by atoms with E-state index in [1.54, 1.807) is 0 Å². The predicted molar refractivity (Wildman–Crippen MR) is 64.9 cm³/mol. The summed E-state index contributed by atoms with van der Waals surface area (Å²) in [5, 5.41) is 7.47. The van der Waals surface area contributed by atoms with Crippen LogP contribution in [-0.2, 0) is 12.9 Å². The van der Waals surface area contributed by atoms with E-state index < -0.39 is 23.3 Å². The molecule has 1 unspecified atom stereocenters. The van der Waals surface area contributed by atoms with Crippen LogP contribution in [0.3, 0.4) is 0 Å². The minimum Gasteiger partial charge on any atom is -0.385 e. The quantitative estimate of drug-likeness (QED) is 0.836. The number of aliphatic hydroxyl groups is 1. The molecule has 1 atom stereocenters. The van der Waals surface area contributed by atoms with Crippen molar-refractivity contribution >= 4 is 15.9 Å². The van der Waals surface area contributed by atoms with Gasteiger partial charge in [0.1, 0.15) is 11.9 Å². The van der Waals surface area contributed by atoms with Crippen molar-refractivity contribution in [2.45, 2.75) is 38.8 Å². The molecule has 88 valence electrons. The molecule has 0 aliphatic carbocycles. The average Bonchev–Trinajstić information content (AvgIpc) is 2.29. The molecule has 16 heavy (non-hydrogen) atoms. The Bertz CT molecular complexity index is 597. The lowest BCUT2D eigenvalue weighted by molar-refractivity contribution is 0.130. The third-order valence-corrected chi connectivity index (χ3v) is 2.91. The van der Waals surface area contributed by atoms with Crippen molar-refractivity contribution < 1.29 is 10.6 Å². The Hall–Kier alpha value is -0.680. The topological polar surface area (TPSA) is 55.1 Å². The smallest absolute Gasteiger partial charge is 0.257 e. The summed E-state index contributed by atoms with van der Waals surface area (Å²) in [5.41, 5.74) is -0.827. The zero-order valence-corrected chi connectivity index (χ0v) is 10.4. The molecule has 2 heterocycles. The highest BCUT2D eigenvalue weighted by Gasteiger charge is 2.22. The first-order valence-corrected chi connectivity index (χ1v) is 5.85. The summed E-state index contributed by atoms with van der Waals surface area (Å²) in [5.74, 6) is 0.230. The van der Waals surface area contributed by atoms with Gasteiger partial charge in [-0.05, 0) is 26.1 Å². The number of aryl methyl sites for hydroxylation is 1. The highest BCUT2D eigenvalue weighted by molar-refractivity contribution is 9.09. The van der Waals surface area contributed by atoms with Gasteiger partial charge < -0.3 is 5.11 Å². The van der Waals surface area contributed by atoms with E-state index in [0.717, 1.165) is 0 Å². The molecular weight excluding hydrogens is 272 g/mol. The molecule has 5 heteroatoms. The molecule has 1 aromatic rings. The Morgan fingerprint density at radius 3 is 3.19 bits per heavy atom. The predicted octanol–water partition coefficient (Wildman–Crippen LogP) is 1.32. The van der Waals surface area contributed by atoms with Gasteiger partial charge in [0.05, 0.1) is 0 Å². The molecule has 1 aliphatic rings. The van der Waals surface area contributed by atoms with Crippen LogP contribution in [0.1, 0.15) is 41.5 Å². The molecule has 4 nitrogen and oxygen atoms in total. The maximum absolute atomic E-state index is 12.5. The molecule has 0 amide bonds. The summed E-state index contributed by atoms with van der Waals surface area (Å²) in [4.78, 5) is 16.6. The number of rotatable bonds is 2. The number of aromatic nitrogens is 2. The number of nitrogens with zero attached hydrogens (tertiary/aromatic N) is 2. The van der Waals surface area contributed by atoms with E-state index in [1.165, 1.54) is 11.5 Å². The highest BCUT2D eigenvalue weighted by atomic mass is 79.9. The monoisotopic (exact) mass is 290 g/mol. The molecule has 1 aliphatic heterocycles. The molecule has 0 radical (unpaired) electrons. The van der Waals surface area contributed by atoms with E-state index in [9.17, 15) is 9.90 Å². The Morgan fingerprint density at radius 1 is 1.75 bits per heavy atom. The van der Waals surface area contributed by atoms with Crippen molar-refractivity contribution in [3.8, 4) is 0 Å². The summed E-state index contributed by atoms with van der Waals surface area (Å²) < 4.78 is 32.1. The van der Waals surface area contributed by atoms with Crippen molar-refractivity contribution in [3.05, 3.63) is 27.4 Å². The van der Waals surface area contributed by atoms with Gasteiger partial charge >= 0.3 is 0 Å². The normalized spacial score (nSPS) is 25.1. The molecule has 0 aromatic carbocycles. The second kappa shape index (κ2) is 4.67. The number of hydrogen-bond acceptors (Lipinski definition) is 3. The second-order valence-electron chi connectivity index (χ2n) is 3.76. The first-order valence-electron chi connectivity index (χ1n) is 7.06. The Morgan fingerprint density at radius 2 is 2.50 bits per heavy atom. The van der Waals surface area contributed by atoms with Crippen molar-refractivity contribution in [3.63, 3.8) is 0 Å². The second-order valence-corrected chi connectivity index (χ2v) is 4.16. The number of hydrogen-bond donors (Lipinski definition) is 1. The molecule has 0 fully saturated rings. The van der Waals surface area contributed by atoms with Gasteiger partial charge in [0.15, 0.2) is 0 Å². The van der Waals surface area contributed by atoms with Crippen LogP contribution in [0.2, 0.25) is 0 Å². The lowest BCUT2D eigenvalue weighted by atomic mass is 10.1. The first kappa shape index (κ1) is 7.61. The number of halogens is 1. The van der Waals surface area contributed by atoms with E-state index in [0.29, 0.717) is 19.4 Å². The summed E-state index contributed by atoms with van der Waals surface area (Å²) in [6.45, 7) is 1.81.